The summed E-state index contributed by atoms with van der Waals surface area (Å²) in [6.07, 6.45) is 0.754. The van der Waals surface area contributed by atoms with Crippen molar-refractivity contribution in [1.82, 2.24) is 0 Å². The lowest BCUT2D eigenvalue weighted by Gasteiger charge is -2.19. The van der Waals surface area contributed by atoms with Gasteiger partial charge in [-0.3, -0.25) is 4.79 Å². The van der Waals surface area contributed by atoms with Crippen molar-refractivity contribution >= 4 is 6.29 Å². The van der Waals surface area contributed by atoms with Gasteiger partial charge in [0.25, 0.3) is 0 Å². The van der Waals surface area contributed by atoms with Crippen molar-refractivity contribution in [3.05, 3.63) is 35.9 Å². The fraction of sp³-hybridized carbons (Fsp3) is 0.278. The van der Waals surface area contributed by atoms with Crippen LogP contribution >= 0.6 is 0 Å². The molecule has 0 bridgehead atoms. The molecule has 0 spiro atoms. The van der Waals surface area contributed by atoms with E-state index in [0.717, 1.165) is 6.29 Å². The van der Waals surface area contributed by atoms with Crippen LogP contribution in [-0.2, 0) is 4.74 Å². The third kappa shape index (κ3) is 3.28. The number of hydrogen-bond donors (Lipinski definition) is 0. The van der Waals surface area contributed by atoms with E-state index in [1.807, 2.05) is 0 Å². The van der Waals surface area contributed by atoms with Gasteiger partial charge in [-0.1, -0.05) is 6.07 Å². The van der Waals surface area contributed by atoms with Crippen molar-refractivity contribution in [3.63, 3.8) is 0 Å². The number of aldehydes is 1. The SMILES string of the molecule is COCOc1cccc(OC)c1-c1c(C=O)ccc(OC)c1OC. The maximum atomic E-state index is 11.6. The molecular formula is C18H20O6. The highest BCUT2D eigenvalue weighted by Crippen LogP contribution is 2.47. The van der Waals surface area contributed by atoms with Crippen molar-refractivity contribution in [2.75, 3.05) is 35.2 Å². The van der Waals surface area contributed by atoms with Gasteiger partial charge in [0.15, 0.2) is 24.6 Å². The van der Waals surface area contributed by atoms with Crippen LogP contribution in [0.4, 0.5) is 0 Å². The summed E-state index contributed by atoms with van der Waals surface area (Å²) >= 11 is 0. The summed E-state index contributed by atoms with van der Waals surface area (Å²) < 4.78 is 26.9. The molecule has 0 saturated carbocycles. The number of ether oxygens (including phenoxy) is 5. The number of rotatable bonds is 8. The summed E-state index contributed by atoms with van der Waals surface area (Å²) in [5.41, 5.74) is 1.56. The van der Waals surface area contributed by atoms with Crippen molar-refractivity contribution in [3.8, 4) is 34.1 Å². The second-order valence-electron chi connectivity index (χ2n) is 4.77. The molecule has 2 rings (SSSR count). The van der Waals surface area contributed by atoms with Gasteiger partial charge in [-0.15, -0.1) is 0 Å². The molecular weight excluding hydrogens is 312 g/mol. The van der Waals surface area contributed by atoms with Crippen LogP contribution in [0.15, 0.2) is 30.3 Å². The maximum absolute atomic E-state index is 11.6. The van der Waals surface area contributed by atoms with E-state index in [9.17, 15) is 4.79 Å². The molecule has 2 aromatic rings. The number of hydrogen-bond acceptors (Lipinski definition) is 6. The Balaban J connectivity index is 2.81. The van der Waals surface area contributed by atoms with Gasteiger partial charge in [-0.2, -0.15) is 0 Å². The number of carbonyl (C=O) groups excluding carboxylic acids is 1. The molecule has 0 heterocycles. The predicted octanol–water partition coefficient (Wildman–Crippen LogP) is 3.17. The van der Waals surface area contributed by atoms with E-state index in [4.69, 9.17) is 23.7 Å². The minimum Gasteiger partial charge on any atom is -0.496 e. The van der Waals surface area contributed by atoms with E-state index >= 15 is 0 Å². The summed E-state index contributed by atoms with van der Waals surface area (Å²) in [5, 5.41) is 0. The molecule has 6 heteroatoms. The standard InChI is InChI=1S/C18H20O6/c1-20-11-24-14-7-5-6-13(21-2)17(14)16-12(10-19)8-9-15(22-3)18(16)23-4/h5-10H,11H2,1-4H3. The van der Waals surface area contributed by atoms with E-state index in [1.165, 1.54) is 21.3 Å². The third-order valence-electron chi connectivity index (χ3n) is 3.49. The van der Waals surface area contributed by atoms with Gasteiger partial charge in [-0.05, 0) is 24.3 Å². The van der Waals surface area contributed by atoms with Crippen LogP contribution in [0.3, 0.4) is 0 Å². The van der Waals surface area contributed by atoms with Crippen molar-refractivity contribution in [1.29, 1.82) is 0 Å². The fourth-order valence-corrected chi connectivity index (χ4v) is 2.47. The summed E-state index contributed by atoms with van der Waals surface area (Å²) in [4.78, 5) is 11.6. The third-order valence-corrected chi connectivity index (χ3v) is 3.49. The second kappa shape index (κ2) is 8.21. The highest BCUT2D eigenvalue weighted by Gasteiger charge is 2.23. The smallest absolute Gasteiger partial charge is 0.188 e. The lowest BCUT2D eigenvalue weighted by atomic mass is 9.96. The molecule has 2 aromatic carbocycles. The zero-order chi connectivity index (χ0) is 17.5. The molecule has 0 radical (unpaired) electrons. The zero-order valence-electron chi connectivity index (χ0n) is 14.1. The molecule has 24 heavy (non-hydrogen) atoms. The predicted molar refractivity (Wildman–Crippen MR) is 89.4 cm³/mol. The van der Waals surface area contributed by atoms with Crippen molar-refractivity contribution < 1.29 is 28.5 Å². The van der Waals surface area contributed by atoms with Crippen LogP contribution in [0.5, 0.6) is 23.0 Å². The molecule has 6 nitrogen and oxygen atoms in total. The number of carbonyl (C=O) groups is 1. The van der Waals surface area contributed by atoms with Crippen LogP contribution in [0, 0.1) is 0 Å². The normalized spacial score (nSPS) is 10.2. The topological polar surface area (TPSA) is 63.2 Å². The first-order valence-corrected chi connectivity index (χ1v) is 7.21. The van der Waals surface area contributed by atoms with Gasteiger partial charge < -0.3 is 23.7 Å². The van der Waals surface area contributed by atoms with Gasteiger partial charge >= 0.3 is 0 Å². The first kappa shape index (κ1) is 17.6. The molecule has 0 amide bonds. The average Bonchev–Trinajstić information content (AvgIpc) is 2.64. The minimum atomic E-state index is 0.0584. The Kier molecular flexibility index (Phi) is 6.03. The van der Waals surface area contributed by atoms with Crippen LogP contribution in [0.25, 0.3) is 11.1 Å². The van der Waals surface area contributed by atoms with Crippen LogP contribution < -0.4 is 18.9 Å². The largest absolute Gasteiger partial charge is 0.496 e. The van der Waals surface area contributed by atoms with Gasteiger partial charge in [0, 0.05) is 18.2 Å². The average molecular weight is 332 g/mol. The maximum Gasteiger partial charge on any atom is 0.188 e. The van der Waals surface area contributed by atoms with Gasteiger partial charge in [0.2, 0.25) is 0 Å². The van der Waals surface area contributed by atoms with E-state index in [-0.39, 0.29) is 6.79 Å². The van der Waals surface area contributed by atoms with Gasteiger partial charge in [-0.25, -0.2) is 0 Å². The van der Waals surface area contributed by atoms with E-state index in [2.05, 4.69) is 0 Å². The molecule has 0 aliphatic carbocycles. The molecule has 0 aliphatic rings. The Morgan fingerprint density at radius 2 is 1.54 bits per heavy atom. The molecule has 0 N–H and O–H groups in total. The van der Waals surface area contributed by atoms with Gasteiger partial charge in [0.05, 0.1) is 26.9 Å². The molecule has 0 fully saturated rings. The molecule has 0 unspecified atom stereocenters. The molecule has 0 saturated heterocycles. The monoisotopic (exact) mass is 332 g/mol. The minimum absolute atomic E-state index is 0.0584. The Morgan fingerprint density at radius 3 is 2.12 bits per heavy atom. The summed E-state index contributed by atoms with van der Waals surface area (Å²) in [7, 11) is 6.13. The lowest BCUT2D eigenvalue weighted by molar-refractivity contribution is 0.0514. The van der Waals surface area contributed by atoms with Crippen LogP contribution in [-0.4, -0.2) is 41.5 Å². The Hall–Kier alpha value is -2.73. The Labute approximate surface area is 140 Å². The van der Waals surface area contributed by atoms with Crippen molar-refractivity contribution in [2.24, 2.45) is 0 Å². The van der Waals surface area contributed by atoms with E-state index < -0.39 is 0 Å². The molecule has 0 aromatic heterocycles. The Bertz CT molecular complexity index is 711. The zero-order valence-corrected chi connectivity index (χ0v) is 14.1. The van der Waals surface area contributed by atoms with E-state index in [0.29, 0.717) is 39.7 Å². The molecule has 0 atom stereocenters. The fourth-order valence-electron chi connectivity index (χ4n) is 2.47. The first-order chi connectivity index (χ1) is 11.7. The Morgan fingerprint density at radius 1 is 0.833 bits per heavy atom. The first-order valence-electron chi connectivity index (χ1n) is 7.21. The number of methoxy groups -OCH3 is 4. The van der Waals surface area contributed by atoms with Gasteiger partial charge in [0.1, 0.15) is 11.5 Å². The molecule has 128 valence electrons. The highest BCUT2D eigenvalue weighted by molar-refractivity contribution is 5.95. The van der Waals surface area contributed by atoms with E-state index in [1.54, 1.807) is 37.4 Å². The summed E-state index contributed by atoms with van der Waals surface area (Å²) in [6.45, 7) is 0.0584. The second-order valence-corrected chi connectivity index (χ2v) is 4.77. The quantitative estimate of drug-likeness (QED) is 0.546. The molecule has 0 aliphatic heterocycles. The van der Waals surface area contributed by atoms with Crippen LogP contribution in [0.1, 0.15) is 10.4 Å². The summed E-state index contributed by atoms with van der Waals surface area (Å²) in [6, 6.07) is 8.68. The highest BCUT2D eigenvalue weighted by atomic mass is 16.7. The lowest BCUT2D eigenvalue weighted by Crippen LogP contribution is -2.04. The van der Waals surface area contributed by atoms with Crippen molar-refractivity contribution in [2.45, 2.75) is 0 Å². The number of benzene rings is 2. The summed E-state index contributed by atoms with van der Waals surface area (Å²) in [5.74, 6) is 1.97. The van der Waals surface area contributed by atoms with Crippen LogP contribution in [0.2, 0.25) is 0 Å².